The van der Waals surface area contributed by atoms with Gasteiger partial charge < -0.3 is 10.2 Å². The summed E-state index contributed by atoms with van der Waals surface area (Å²) in [6.07, 6.45) is 3.34. The van der Waals surface area contributed by atoms with Crippen LogP contribution in [0.4, 0.5) is 0 Å². The summed E-state index contributed by atoms with van der Waals surface area (Å²) in [5.41, 5.74) is 0.704. The molecule has 1 amide bonds. The van der Waals surface area contributed by atoms with Crippen LogP contribution in [0.1, 0.15) is 10.4 Å². The average molecular weight is 217 g/mol. The van der Waals surface area contributed by atoms with Crippen molar-refractivity contribution in [2.75, 3.05) is 26.2 Å². The van der Waals surface area contributed by atoms with Gasteiger partial charge in [-0.3, -0.25) is 9.78 Å². The van der Waals surface area contributed by atoms with E-state index >= 15 is 0 Å². The molecule has 84 valence electrons. The molecule has 3 heterocycles. The van der Waals surface area contributed by atoms with Gasteiger partial charge in [0.15, 0.2) is 0 Å². The zero-order chi connectivity index (χ0) is 11.0. The molecule has 3 rings (SSSR count). The summed E-state index contributed by atoms with van der Waals surface area (Å²) < 4.78 is 0. The van der Waals surface area contributed by atoms with Crippen molar-refractivity contribution in [1.82, 2.24) is 15.2 Å². The summed E-state index contributed by atoms with van der Waals surface area (Å²) >= 11 is 0. The quantitative estimate of drug-likeness (QED) is 0.739. The molecule has 2 aliphatic rings. The number of rotatable bonds is 1. The highest BCUT2D eigenvalue weighted by atomic mass is 16.2. The topological polar surface area (TPSA) is 45.2 Å². The number of likely N-dealkylation sites (tertiary alicyclic amines) is 1. The van der Waals surface area contributed by atoms with E-state index in [2.05, 4.69) is 10.3 Å². The van der Waals surface area contributed by atoms with Gasteiger partial charge in [-0.25, -0.2) is 0 Å². The summed E-state index contributed by atoms with van der Waals surface area (Å²) in [5, 5.41) is 3.37. The van der Waals surface area contributed by atoms with Crippen molar-refractivity contribution in [3.05, 3.63) is 30.1 Å². The minimum Gasteiger partial charge on any atom is -0.338 e. The van der Waals surface area contributed by atoms with Crippen LogP contribution in [-0.2, 0) is 0 Å². The molecular formula is C12H15N3O. The zero-order valence-corrected chi connectivity index (χ0v) is 9.10. The Bertz CT molecular complexity index is 381. The molecule has 2 fully saturated rings. The maximum Gasteiger partial charge on any atom is 0.255 e. The molecule has 0 aliphatic carbocycles. The third-order valence-electron chi connectivity index (χ3n) is 3.59. The van der Waals surface area contributed by atoms with Gasteiger partial charge in [-0.2, -0.15) is 0 Å². The lowest BCUT2D eigenvalue weighted by molar-refractivity contribution is 0.0781. The first-order valence-corrected chi connectivity index (χ1v) is 5.74. The number of amides is 1. The van der Waals surface area contributed by atoms with Crippen LogP contribution < -0.4 is 5.32 Å². The van der Waals surface area contributed by atoms with Crippen LogP contribution in [0.15, 0.2) is 24.5 Å². The largest absolute Gasteiger partial charge is 0.338 e. The Labute approximate surface area is 94.7 Å². The molecule has 4 heteroatoms. The van der Waals surface area contributed by atoms with E-state index in [-0.39, 0.29) is 5.91 Å². The lowest BCUT2D eigenvalue weighted by Crippen LogP contribution is -2.31. The molecule has 1 aromatic rings. The van der Waals surface area contributed by atoms with Crippen molar-refractivity contribution in [1.29, 1.82) is 0 Å². The average Bonchev–Trinajstić information content (AvgIpc) is 2.89. The Morgan fingerprint density at radius 1 is 1.38 bits per heavy atom. The number of hydrogen-bond acceptors (Lipinski definition) is 3. The van der Waals surface area contributed by atoms with Gasteiger partial charge in [0.05, 0.1) is 5.56 Å². The van der Waals surface area contributed by atoms with E-state index in [4.69, 9.17) is 0 Å². The number of fused-ring (bicyclic) bond motifs is 1. The minimum absolute atomic E-state index is 0.127. The van der Waals surface area contributed by atoms with Gasteiger partial charge >= 0.3 is 0 Å². The molecule has 1 aromatic heterocycles. The fraction of sp³-hybridized carbons (Fsp3) is 0.500. The fourth-order valence-corrected chi connectivity index (χ4v) is 2.69. The molecule has 0 unspecified atom stereocenters. The molecule has 2 atom stereocenters. The zero-order valence-electron chi connectivity index (χ0n) is 9.10. The van der Waals surface area contributed by atoms with Gasteiger partial charge in [0.1, 0.15) is 0 Å². The third-order valence-corrected chi connectivity index (χ3v) is 3.59. The standard InChI is InChI=1S/C12H15N3O/c16-12(9-2-1-3-13-4-9)15-7-10-5-14-6-11(10)8-15/h1-4,10-11,14H,5-8H2/t10-,11-/m1/s1. The van der Waals surface area contributed by atoms with E-state index in [1.54, 1.807) is 12.4 Å². The van der Waals surface area contributed by atoms with Crippen molar-refractivity contribution in [2.24, 2.45) is 11.8 Å². The summed E-state index contributed by atoms with van der Waals surface area (Å²) in [7, 11) is 0. The molecule has 0 bridgehead atoms. The number of nitrogens with zero attached hydrogens (tertiary/aromatic N) is 2. The minimum atomic E-state index is 0.127. The maximum atomic E-state index is 12.1. The van der Waals surface area contributed by atoms with Crippen molar-refractivity contribution in [2.45, 2.75) is 0 Å². The van der Waals surface area contributed by atoms with Crippen molar-refractivity contribution < 1.29 is 4.79 Å². The van der Waals surface area contributed by atoms with Gasteiger partial charge in [-0.05, 0) is 24.0 Å². The molecule has 0 saturated carbocycles. The molecule has 2 saturated heterocycles. The van der Waals surface area contributed by atoms with Gasteiger partial charge in [-0.1, -0.05) is 0 Å². The van der Waals surface area contributed by atoms with Crippen LogP contribution in [0.5, 0.6) is 0 Å². The van der Waals surface area contributed by atoms with Crippen molar-refractivity contribution in [3.8, 4) is 0 Å². The van der Waals surface area contributed by atoms with E-state index in [0.717, 1.165) is 26.2 Å². The number of carbonyl (C=O) groups excluding carboxylic acids is 1. The summed E-state index contributed by atoms with van der Waals surface area (Å²) in [5.74, 6) is 1.43. The normalized spacial score (nSPS) is 28.1. The predicted octanol–water partition coefficient (Wildman–Crippen LogP) is 0.373. The Morgan fingerprint density at radius 3 is 2.75 bits per heavy atom. The molecule has 4 nitrogen and oxygen atoms in total. The number of aromatic nitrogens is 1. The van der Waals surface area contributed by atoms with Crippen LogP contribution in [-0.4, -0.2) is 42.0 Å². The monoisotopic (exact) mass is 217 g/mol. The number of pyridine rings is 1. The van der Waals surface area contributed by atoms with Crippen molar-refractivity contribution in [3.63, 3.8) is 0 Å². The van der Waals surface area contributed by atoms with E-state index in [0.29, 0.717) is 17.4 Å². The lowest BCUT2D eigenvalue weighted by Gasteiger charge is -2.17. The Hall–Kier alpha value is -1.42. The summed E-state index contributed by atoms with van der Waals surface area (Å²) in [4.78, 5) is 18.1. The second-order valence-corrected chi connectivity index (χ2v) is 4.63. The highest BCUT2D eigenvalue weighted by Crippen LogP contribution is 2.27. The molecule has 1 N–H and O–H groups in total. The molecule has 16 heavy (non-hydrogen) atoms. The first kappa shape index (κ1) is 9.78. The first-order chi connectivity index (χ1) is 7.84. The third kappa shape index (κ3) is 1.59. The van der Waals surface area contributed by atoms with Crippen LogP contribution in [0.2, 0.25) is 0 Å². The van der Waals surface area contributed by atoms with Crippen LogP contribution >= 0.6 is 0 Å². The Morgan fingerprint density at radius 2 is 2.12 bits per heavy atom. The Kier molecular flexibility index (Phi) is 2.36. The molecular weight excluding hydrogens is 202 g/mol. The van der Waals surface area contributed by atoms with Gasteiger partial charge in [0.2, 0.25) is 0 Å². The highest BCUT2D eigenvalue weighted by molar-refractivity contribution is 5.94. The predicted molar refractivity (Wildman–Crippen MR) is 60.0 cm³/mol. The van der Waals surface area contributed by atoms with Gasteiger partial charge in [0.25, 0.3) is 5.91 Å². The van der Waals surface area contributed by atoms with Gasteiger partial charge in [-0.15, -0.1) is 0 Å². The molecule has 2 aliphatic heterocycles. The lowest BCUT2D eigenvalue weighted by atomic mass is 10.0. The van der Waals surface area contributed by atoms with Crippen LogP contribution in [0.25, 0.3) is 0 Å². The highest BCUT2D eigenvalue weighted by Gasteiger charge is 2.38. The summed E-state index contributed by atoms with van der Waals surface area (Å²) in [6, 6.07) is 3.65. The number of hydrogen-bond donors (Lipinski definition) is 1. The van der Waals surface area contributed by atoms with Gasteiger partial charge in [0, 0.05) is 38.6 Å². The van der Waals surface area contributed by atoms with Crippen LogP contribution in [0, 0.1) is 11.8 Å². The van der Waals surface area contributed by atoms with Crippen molar-refractivity contribution >= 4 is 5.91 Å². The number of nitrogens with one attached hydrogen (secondary N) is 1. The van der Waals surface area contributed by atoms with E-state index in [1.807, 2.05) is 17.0 Å². The SMILES string of the molecule is O=C(c1cccnc1)N1C[C@H]2CNC[C@@H]2C1. The molecule has 0 spiro atoms. The first-order valence-electron chi connectivity index (χ1n) is 5.74. The smallest absolute Gasteiger partial charge is 0.255 e. The van der Waals surface area contributed by atoms with E-state index in [9.17, 15) is 4.79 Å². The van der Waals surface area contributed by atoms with Crippen LogP contribution in [0.3, 0.4) is 0 Å². The molecule has 0 radical (unpaired) electrons. The van der Waals surface area contributed by atoms with E-state index < -0.39 is 0 Å². The van der Waals surface area contributed by atoms with E-state index in [1.165, 1.54) is 0 Å². The molecule has 0 aromatic carbocycles. The fourth-order valence-electron chi connectivity index (χ4n) is 2.69. The number of carbonyl (C=O) groups is 1. The second-order valence-electron chi connectivity index (χ2n) is 4.63. The Balaban J connectivity index is 1.73. The summed E-state index contributed by atoms with van der Waals surface area (Å²) in [6.45, 7) is 3.90. The second kappa shape index (κ2) is 3.87. The maximum absolute atomic E-state index is 12.1.